The highest BCUT2D eigenvalue weighted by Crippen LogP contribution is 2.19. The van der Waals surface area contributed by atoms with E-state index in [4.69, 9.17) is 22.9 Å². The number of anilines is 4. The second kappa shape index (κ2) is 1.94. The molecule has 5 heteroatoms. The molecule has 0 aliphatic heterocycles. The van der Waals surface area contributed by atoms with Gasteiger partial charge in [-0.15, -0.1) is 0 Å². The third-order valence-electron chi connectivity index (χ3n) is 1.14. The van der Waals surface area contributed by atoms with Gasteiger partial charge in [0, 0.05) is 0 Å². The predicted octanol–water partition coefficient (Wildman–Crippen LogP) is -0.590. The van der Waals surface area contributed by atoms with Gasteiger partial charge in [0.05, 0.1) is 11.4 Å². The summed E-state index contributed by atoms with van der Waals surface area (Å²) in [7, 11) is 0. The Kier molecular flexibility index (Phi) is 1.26. The van der Waals surface area contributed by atoms with Crippen LogP contribution in [0.25, 0.3) is 0 Å². The Balaban J connectivity index is 3.28. The van der Waals surface area contributed by atoms with E-state index in [1.807, 2.05) is 0 Å². The predicted molar refractivity (Wildman–Crippen MR) is 41.9 cm³/mol. The fraction of sp³-hybridized carbons (Fsp3) is 0. The highest BCUT2D eigenvalue weighted by Gasteiger charge is 1.99. The van der Waals surface area contributed by atoms with E-state index in [0.717, 1.165) is 0 Å². The lowest BCUT2D eigenvalue weighted by Crippen LogP contribution is -2.04. The second-order valence-electron chi connectivity index (χ2n) is 1.94. The van der Waals surface area contributed by atoms with Crippen LogP contribution in [0.3, 0.4) is 0 Å². The summed E-state index contributed by atoms with van der Waals surface area (Å²) in [6.45, 7) is 0. The molecule has 54 valence electrons. The third-order valence-corrected chi connectivity index (χ3v) is 1.14. The molecule has 0 fully saturated rings. The smallest absolute Gasteiger partial charge is 0.149 e. The Morgan fingerprint density at radius 3 is 1.60 bits per heavy atom. The van der Waals surface area contributed by atoms with Gasteiger partial charge in [-0.3, -0.25) is 0 Å². The number of rotatable bonds is 0. The van der Waals surface area contributed by atoms with Gasteiger partial charge in [-0.2, -0.15) is 0 Å². The fourth-order valence-corrected chi connectivity index (χ4v) is 0.574. The molecular weight excluding hydrogens is 130 g/mol. The average molecular weight is 139 g/mol. The first-order valence-electron chi connectivity index (χ1n) is 2.68. The molecule has 1 heterocycles. The van der Waals surface area contributed by atoms with Gasteiger partial charge in [0.15, 0.2) is 0 Å². The lowest BCUT2D eigenvalue weighted by Gasteiger charge is -2.02. The lowest BCUT2D eigenvalue weighted by molar-refractivity contribution is 1.35. The van der Waals surface area contributed by atoms with Gasteiger partial charge in [0.1, 0.15) is 11.6 Å². The molecule has 1 aromatic heterocycles. The van der Waals surface area contributed by atoms with Crippen LogP contribution in [0.5, 0.6) is 0 Å². The summed E-state index contributed by atoms with van der Waals surface area (Å²) in [5.74, 6) is 0.429. The maximum absolute atomic E-state index is 5.37. The standard InChI is InChI=1S/C5H9N5/c6-2-1-3(7)5(9)10-4(2)8/h1H,6-7H2,(H4,8,9,10). The van der Waals surface area contributed by atoms with Gasteiger partial charge >= 0.3 is 0 Å². The van der Waals surface area contributed by atoms with E-state index in [-0.39, 0.29) is 11.6 Å². The summed E-state index contributed by atoms with van der Waals surface area (Å²) in [5.41, 5.74) is 22.1. The van der Waals surface area contributed by atoms with E-state index in [2.05, 4.69) is 4.98 Å². The van der Waals surface area contributed by atoms with Crippen molar-refractivity contribution in [2.24, 2.45) is 0 Å². The number of aromatic nitrogens is 1. The highest BCUT2D eigenvalue weighted by atomic mass is 15.0. The molecule has 0 amide bonds. The van der Waals surface area contributed by atoms with E-state index < -0.39 is 0 Å². The van der Waals surface area contributed by atoms with Crippen molar-refractivity contribution < 1.29 is 0 Å². The Morgan fingerprint density at radius 1 is 0.900 bits per heavy atom. The largest absolute Gasteiger partial charge is 0.396 e. The molecule has 10 heavy (non-hydrogen) atoms. The number of hydrogen-bond acceptors (Lipinski definition) is 5. The Morgan fingerprint density at radius 2 is 1.30 bits per heavy atom. The van der Waals surface area contributed by atoms with Crippen LogP contribution in [0.2, 0.25) is 0 Å². The normalized spacial score (nSPS) is 9.60. The average Bonchev–Trinajstić information content (AvgIpc) is 1.84. The number of hydrogen-bond donors (Lipinski definition) is 4. The number of nitrogen functional groups attached to an aromatic ring is 4. The molecule has 0 radical (unpaired) electrons. The Bertz CT molecular complexity index is 206. The zero-order valence-electron chi connectivity index (χ0n) is 5.33. The van der Waals surface area contributed by atoms with Crippen LogP contribution in [-0.4, -0.2) is 4.98 Å². The minimum absolute atomic E-state index is 0.215. The van der Waals surface area contributed by atoms with Crippen LogP contribution in [0.4, 0.5) is 23.0 Å². The van der Waals surface area contributed by atoms with Crippen molar-refractivity contribution in [3.63, 3.8) is 0 Å². The monoisotopic (exact) mass is 139 g/mol. The van der Waals surface area contributed by atoms with Crippen LogP contribution in [0.15, 0.2) is 6.07 Å². The Labute approximate surface area is 58.0 Å². The van der Waals surface area contributed by atoms with Crippen LogP contribution in [0, 0.1) is 0 Å². The zero-order valence-corrected chi connectivity index (χ0v) is 5.33. The fourth-order valence-electron chi connectivity index (χ4n) is 0.574. The van der Waals surface area contributed by atoms with E-state index in [0.29, 0.717) is 11.4 Å². The molecule has 8 N–H and O–H groups in total. The van der Waals surface area contributed by atoms with Crippen molar-refractivity contribution in [2.75, 3.05) is 22.9 Å². The van der Waals surface area contributed by atoms with E-state index in [1.54, 1.807) is 0 Å². The molecule has 0 atom stereocenters. The van der Waals surface area contributed by atoms with Crippen molar-refractivity contribution in [1.82, 2.24) is 4.98 Å². The first-order valence-corrected chi connectivity index (χ1v) is 2.68. The number of nitrogens with two attached hydrogens (primary N) is 4. The SMILES string of the molecule is Nc1cc(N)c(N)nc1N. The van der Waals surface area contributed by atoms with E-state index in [1.165, 1.54) is 6.07 Å². The van der Waals surface area contributed by atoms with Crippen LogP contribution in [0.1, 0.15) is 0 Å². The van der Waals surface area contributed by atoms with Crippen molar-refractivity contribution >= 4 is 23.0 Å². The molecule has 0 aliphatic rings. The summed E-state index contributed by atoms with van der Waals surface area (Å²) in [5, 5.41) is 0. The molecule has 0 spiro atoms. The summed E-state index contributed by atoms with van der Waals surface area (Å²) < 4.78 is 0. The van der Waals surface area contributed by atoms with Crippen LogP contribution >= 0.6 is 0 Å². The van der Waals surface area contributed by atoms with E-state index in [9.17, 15) is 0 Å². The molecule has 0 saturated carbocycles. The lowest BCUT2D eigenvalue weighted by atomic mass is 10.3. The molecule has 5 nitrogen and oxygen atoms in total. The van der Waals surface area contributed by atoms with Gasteiger partial charge in [-0.25, -0.2) is 4.98 Å². The van der Waals surface area contributed by atoms with E-state index >= 15 is 0 Å². The quantitative estimate of drug-likeness (QED) is 0.383. The van der Waals surface area contributed by atoms with Gasteiger partial charge in [-0.1, -0.05) is 0 Å². The summed E-state index contributed by atoms with van der Waals surface area (Å²) in [4.78, 5) is 3.68. The number of pyridine rings is 1. The number of nitrogens with zero attached hydrogens (tertiary/aromatic N) is 1. The Hall–Kier alpha value is -1.65. The van der Waals surface area contributed by atoms with Crippen molar-refractivity contribution in [1.29, 1.82) is 0 Å². The zero-order chi connectivity index (χ0) is 7.72. The van der Waals surface area contributed by atoms with Crippen LogP contribution < -0.4 is 22.9 Å². The van der Waals surface area contributed by atoms with Crippen molar-refractivity contribution in [3.05, 3.63) is 6.07 Å². The molecule has 0 aliphatic carbocycles. The van der Waals surface area contributed by atoms with Gasteiger partial charge in [0.25, 0.3) is 0 Å². The first-order chi connectivity index (χ1) is 4.61. The highest BCUT2D eigenvalue weighted by molar-refractivity contribution is 5.71. The first kappa shape index (κ1) is 6.47. The molecule has 0 aromatic carbocycles. The molecule has 1 rings (SSSR count). The molecule has 1 aromatic rings. The van der Waals surface area contributed by atoms with Crippen molar-refractivity contribution in [2.45, 2.75) is 0 Å². The minimum Gasteiger partial charge on any atom is -0.396 e. The summed E-state index contributed by atoms with van der Waals surface area (Å²) in [6, 6.07) is 1.48. The summed E-state index contributed by atoms with van der Waals surface area (Å²) >= 11 is 0. The van der Waals surface area contributed by atoms with Gasteiger partial charge in [-0.05, 0) is 6.07 Å². The molecule has 0 saturated heterocycles. The minimum atomic E-state index is 0.215. The van der Waals surface area contributed by atoms with Gasteiger partial charge in [0.2, 0.25) is 0 Å². The maximum Gasteiger partial charge on any atom is 0.149 e. The topological polar surface area (TPSA) is 117 Å². The maximum atomic E-state index is 5.37. The molecule has 0 unspecified atom stereocenters. The van der Waals surface area contributed by atoms with Gasteiger partial charge < -0.3 is 22.9 Å². The van der Waals surface area contributed by atoms with Crippen LogP contribution in [-0.2, 0) is 0 Å². The molecular formula is C5H9N5. The second-order valence-corrected chi connectivity index (χ2v) is 1.94. The summed E-state index contributed by atoms with van der Waals surface area (Å²) in [6.07, 6.45) is 0. The molecule has 0 bridgehead atoms. The third kappa shape index (κ3) is 0.883. The van der Waals surface area contributed by atoms with Crippen molar-refractivity contribution in [3.8, 4) is 0 Å².